The second kappa shape index (κ2) is 5.41. The Balaban J connectivity index is 1.96. The second-order valence-corrected chi connectivity index (χ2v) is 6.31. The van der Waals surface area contributed by atoms with Crippen molar-refractivity contribution in [3.63, 3.8) is 0 Å². The molecule has 108 valence electrons. The summed E-state index contributed by atoms with van der Waals surface area (Å²) in [5.74, 6) is 0.610. The van der Waals surface area contributed by atoms with Gasteiger partial charge in [0.15, 0.2) is 0 Å². The van der Waals surface area contributed by atoms with Crippen molar-refractivity contribution in [1.82, 2.24) is 9.97 Å². The molecular formula is C16H16FN3S. The van der Waals surface area contributed by atoms with Gasteiger partial charge >= 0.3 is 0 Å². The van der Waals surface area contributed by atoms with Gasteiger partial charge in [-0.25, -0.2) is 14.4 Å². The molecule has 0 aliphatic carbocycles. The summed E-state index contributed by atoms with van der Waals surface area (Å²) in [7, 11) is 0. The average Bonchev–Trinajstić information content (AvgIpc) is 2.76. The fourth-order valence-electron chi connectivity index (χ4n) is 2.33. The van der Waals surface area contributed by atoms with Gasteiger partial charge in [0.2, 0.25) is 0 Å². The molecule has 3 aromatic rings. The van der Waals surface area contributed by atoms with Gasteiger partial charge in [-0.2, -0.15) is 0 Å². The molecule has 1 N–H and O–H groups in total. The van der Waals surface area contributed by atoms with E-state index in [1.165, 1.54) is 22.6 Å². The number of nitrogens with one attached hydrogen (secondary N) is 1. The highest BCUT2D eigenvalue weighted by molar-refractivity contribution is 7.18. The van der Waals surface area contributed by atoms with E-state index in [1.807, 2.05) is 6.92 Å². The van der Waals surface area contributed by atoms with Crippen molar-refractivity contribution in [2.45, 2.75) is 26.8 Å². The Morgan fingerprint density at radius 2 is 1.86 bits per heavy atom. The smallest absolute Gasteiger partial charge is 0.138 e. The normalized spacial score (nSPS) is 12.6. The van der Waals surface area contributed by atoms with Crippen LogP contribution in [-0.2, 0) is 0 Å². The first kappa shape index (κ1) is 13.9. The van der Waals surface area contributed by atoms with Gasteiger partial charge < -0.3 is 5.32 Å². The number of rotatable bonds is 3. The van der Waals surface area contributed by atoms with E-state index in [0.717, 1.165) is 21.6 Å². The Morgan fingerprint density at radius 3 is 2.57 bits per heavy atom. The highest BCUT2D eigenvalue weighted by Crippen LogP contribution is 2.33. The maximum atomic E-state index is 13.0. The summed E-state index contributed by atoms with van der Waals surface area (Å²) < 4.78 is 13.0. The molecule has 0 aliphatic rings. The van der Waals surface area contributed by atoms with Gasteiger partial charge in [0, 0.05) is 10.9 Å². The molecule has 0 saturated heterocycles. The third-order valence-corrected chi connectivity index (χ3v) is 4.80. The minimum Gasteiger partial charge on any atom is -0.363 e. The molecule has 3 nitrogen and oxygen atoms in total. The molecule has 3 rings (SSSR count). The molecular weight excluding hydrogens is 285 g/mol. The van der Waals surface area contributed by atoms with Crippen LogP contribution in [0.15, 0.2) is 30.6 Å². The van der Waals surface area contributed by atoms with Crippen LogP contribution < -0.4 is 5.32 Å². The lowest BCUT2D eigenvalue weighted by molar-refractivity contribution is 0.626. The zero-order valence-electron chi connectivity index (χ0n) is 12.1. The number of aryl methyl sites for hydroxylation is 2. The number of fused-ring (bicyclic) bond motifs is 1. The zero-order chi connectivity index (χ0) is 15.0. The van der Waals surface area contributed by atoms with E-state index in [0.29, 0.717) is 0 Å². The van der Waals surface area contributed by atoms with E-state index in [9.17, 15) is 4.39 Å². The predicted octanol–water partition coefficient (Wildman–Crippen LogP) is 4.62. The Labute approximate surface area is 126 Å². The van der Waals surface area contributed by atoms with Crippen LogP contribution in [0, 0.1) is 19.7 Å². The van der Waals surface area contributed by atoms with Gasteiger partial charge in [-0.15, -0.1) is 11.3 Å². The molecule has 1 unspecified atom stereocenters. The SMILES string of the molecule is Cc1sc2ncnc(NC(C)c3ccc(F)cc3)c2c1C. The molecule has 21 heavy (non-hydrogen) atoms. The van der Waals surface area contributed by atoms with Crippen LogP contribution in [0.3, 0.4) is 0 Å². The highest BCUT2D eigenvalue weighted by Gasteiger charge is 2.14. The fraction of sp³-hybridized carbons (Fsp3) is 0.250. The number of nitrogens with zero attached hydrogens (tertiary/aromatic N) is 2. The van der Waals surface area contributed by atoms with Gasteiger partial charge in [0.1, 0.15) is 22.8 Å². The first-order chi connectivity index (χ1) is 10.1. The average molecular weight is 301 g/mol. The van der Waals surface area contributed by atoms with Crippen LogP contribution in [0.1, 0.15) is 29.0 Å². The number of thiophene rings is 1. The lowest BCUT2D eigenvalue weighted by atomic mass is 10.1. The van der Waals surface area contributed by atoms with E-state index in [1.54, 1.807) is 29.8 Å². The van der Waals surface area contributed by atoms with Crippen LogP contribution in [0.25, 0.3) is 10.2 Å². The van der Waals surface area contributed by atoms with E-state index in [-0.39, 0.29) is 11.9 Å². The van der Waals surface area contributed by atoms with Crippen molar-refractivity contribution in [2.75, 3.05) is 5.32 Å². The van der Waals surface area contributed by atoms with Crippen LogP contribution in [0.4, 0.5) is 10.2 Å². The topological polar surface area (TPSA) is 37.8 Å². The summed E-state index contributed by atoms with van der Waals surface area (Å²) >= 11 is 1.68. The largest absolute Gasteiger partial charge is 0.363 e. The molecule has 5 heteroatoms. The molecule has 0 amide bonds. The Morgan fingerprint density at radius 1 is 1.14 bits per heavy atom. The molecule has 0 radical (unpaired) electrons. The lowest BCUT2D eigenvalue weighted by Crippen LogP contribution is -2.08. The third-order valence-electron chi connectivity index (χ3n) is 3.69. The number of benzene rings is 1. The minimum atomic E-state index is -0.223. The Hall–Kier alpha value is -2.01. The fourth-order valence-corrected chi connectivity index (χ4v) is 3.33. The second-order valence-electron chi connectivity index (χ2n) is 5.10. The van der Waals surface area contributed by atoms with Gasteiger partial charge in [-0.3, -0.25) is 0 Å². The van der Waals surface area contributed by atoms with Crippen molar-refractivity contribution in [1.29, 1.82) is 0 Å². The van der Waals surface area contributed by atoms with E-state index in [4.69, 9.17) is 0 Å². The van der Waals surface area contributed by atoms with E-state index in [2.05, 4.69) is 29.1 Å². The summed E-state index contributed by atoms with van der Waals surface area (Å²) in [5, 5.41) is 4.49. The van der Waals surface area contributed by atoms with Crippen LogP contribution >= 0.6 is 11.3 Å². The molecule has 2 aromatic heterocycles. The molecule has 1 atom stereocenters. The molecule has 1 aromatic carbocycles. The molecule has 0 spiro atoms. The van der Waals surface area contributed by atoms with E-state index >= 15 is 0 Å². The van der Waals surface area contributed by atoms with Crippen molar-refractivity contribution < 1.29 is 4.39 Å². The number of hydrogen-bond acceptors (Lipinski definition) is 4. The summed E-state index contributed by atoms with van der Waals surface area (Å²) in [6.07, 6.45) is 1.58. The molecule has 0 fully saturated rings. The van der Waals surface area contributed by atoms with E-state index < -0.39 is 0 Å². The van der Waals surface area contributed by atoms with Crippen LogP contribution in [-0.4, -0.2) is 9.97 Å². The van der Waals surface area contributed by atoms with Crippen molar-refractivity contribution in [3.05, 3.63) is 52.4 Å². The highest BCUT2D eigenvalue weighted by atomic mass is 32.1. The first-order valence-corrected chi connectivity index (χ1v) is 7.60. The number of anilines is 1. The Kier molecular flexibility index (Phi) is 3.59. The molecule has 0 aliphatic heterocycles. The molecule has 2 heterocycles. The molecule has 0 bridgehead atoms. The summed E-state index contributed by atoms with van der Waals surface area (Å²) in [4.78, 5) is 11.0. The maximum absolute atomic E-state index is 13.0. The van der Waals surface area contributed by atoms with Crippen molar-refractivity contribution in [3.8, 4) is 0 Å². The van der Waals surface area contributed by atoms with Crippen LogP contribution in [0.2, 0.25) is 0 Å². The summed E-state index contributed by atoms with van der Waals surface area (Å²) in [6.45, 7) is 6.22. The predicted molar refractivity (Wildman–Crippen MR) is 85.3 cm³/mol. The first-order valence-electron chi connectivity index (χ1n) is 6.79. The van der Waals surface area contributed by atoms with Gasteiger partial charge in [0.25, 0.3) is 0 Å². The lowest BCUT2D eigenvalue weighted by Gasteiger charge is -2.15. The number of hydrogen-bond donors (Lipinski definition) is 1. The van der Waals surface area contributed by atoms with Crippen molar-refractivity contribution in [2.24, 2.45) is 0 Å². The Bertz CT molecular complexity index is 780. The summed E-state index contributed by atoms with van der Waals surface area (Å²) in [6, 6.07) is 6.57. The van der Waals surface area contributed by atoms with Crippen LogP contribution in [0.5, 0.6) is 0 Å². The van der Waals surface area contributed by atoms with Crippen molar-refractivity contribution >= 4 is 27.4 Å². The minimum absolute atomic E-state index is 0.0447. The molecule has 0 saturated carbocycles. The number of aromatic nitrogens is 2. The zero-order valence-corrected chi connectivity index (χ0v) is 13.0. The monoisotopic (exact) mass is 301 g/mol. The van der Waals surface area contributed by atoms with Gasteiger partial charge in [-0.1, -0.05) is 12.1 Å². The number of halogens is 1. The third kappa shape index (κ3) is 2.61. The van der Waals surface area contributed by atoms with Gasteiger partial charge in [-0.05, 0) is 44.0 Å². The quantitative estimate of drug-likeness (QED) is 0.767. The summed E-state index contributed by atoms with van der Waals surface area (Å²) in [5.41, 5.74) is 2.23. The maximum Gasteiger partial charge on any atom is 0.138 e. The van der Waals surface area contributed by atoms with Gasteiger partial charge in [0.05, 0.1) is 5.39 Å². The standard InChI is InChI=1S/C16H16FN3S/c1-9-11(3)21-16-14(9)15(18-8-19-16)20-10(2)12-4-6-13(17)7-5-12/h4-8,10H,1-3H3,(H,18,19,20).